The highest BCUT2D eigenvalue weighted by molar-refractivity contribution is 5.85. The maximum Gasteiger partial charge on any atom is 0.0478 e. The summed E-state index contributed by atoms with van der Waals surface area (Å²) in [6.07, 6.45) is 14.4. The molecule has 0 aliphatic heterocycles. The lowest BCUT2D eigenvalue weighted by Gasteiger charge is -2.31. The summed E-state index contributed by atoms with van der Waals surface area (Å²) in [5, 5.41) is 9.13. The van der Waals surface area contributed by atoms with E-state index in [0.29, 0.717) is 12.1 Å². The number of rotatable bonds is 9. The third kappa shape index (κ3) is 5.27. The molecule has 1 saturated carbocycles. The standard InChI is InChI=1S/C29H39N3/c1-3-10-22(11-4-1)12-7-8-19-30-21-23-17-18-27-26(20-23)25-15-9-16-28(29(25)32-27)31-24-13-5-2-6-14-24/h1,3-4,10-11,17-18,20,24,28,30-32H,2,5-9,12-16,19,21H2. The smallest absolute Gasteiger partial charge is 0.0478 e. The van der Waals surface area contributed by atoms with Gasteiger partial charge in [-0.25, -0.2) is 0 Å². The highest BCUT2D eigenvalue weighted by atomic mass is 15.0. The Balaban J connectivity index is 1.16. The van der Waals surface area contributed by atoms with Crippen molar-refractivity contribution in [1.29, 1.82) is 0 Å². The molecule has 5 rings (SSSR count). The van der Waals surface area contributed by atoms with E-state index >= 15 is 0 Å². The molecule has 1 fully saturated rings. The molecule has 3 N–H and O–H groups in total. The number of fused-ring (bicyclic) bond motifs is 3. The summed E-state index contributed by atoms with van der Waals surface area (Å²) in [4.78, 5) is 3.80. The number of aromatic nitrogens is 1. The average Bonchev–Trinajstić information content (AvgIpc) is 3.22. The summed E-state index contributed by atoms with van der Waals surface area (Å²) >= 11 is 0. The van der Waals surface area contributed by atoms with Crippen LogP contribution in [0.5, 0.6) is 0 Å². The van der Waals surface area contributed by atoms with Crippen LogP contribution in [0.3, 0.4) is 0 Å². The lowest BCUT2D eigenvalue weighted by atomic mass is 9.89. The van der Waals surface area contributed by atoms with Crippen molar-refractivity contribution in [3.8, 4) is 0 Å². The van der Waals surface area contributed by atoms with Crippen molar-refractivity contribution in [2.75, 3.05) is 6.54 Å². The lowest BCUT2D eigenvalue weighted by molar-refractivity contribution is 0.318. The molecule has 2 aliphatic rings. The third-order valence-corrected chi connectivity index (χ3v) is 7.55. The maximum atomic E-state index is 4.01. The van der Waals surface area contributed by atoms with Crippen LogP contribution < -0.4 is 10.6 Å². The fourth-order valence-corrected chi connectivity index (χ4v) is 5.80. The van der Waals surface area contributed by atoms with Crippen molar-refractivity contribution in [2.45, 2.75) is 89.3 Å². The maximum absolute atomic E-state index is 4.01. The topological polar surface area (TPSA) is 39.9 Å². The molecule has 0 amide bonds. The molecule has 1 unspecified atom stereocenters. The Kier molecular flexibility index (Phi) is 7.25. The minimum absolute atomic E-state index is 0.514. The molecule has 32 heavy (non-hydrogen) atoms. The van der Waals surface area contributed by atoms with Crippen molar-refractivity contribution in [3.63, 3.8) is 0 Å². The van der Waals surface area contributed by atoms with E-state index in [4.69, 9.17) is 0 Å². The van der Waals surface area contributed by atoms with Crippen LogP contribution in [0.4, 0.5) is 0 Å². The zero-order chi connectivity index (χ0) is 21.6. The number of aromatic amines is 1. The second-order valence-electron chi connectivity index (χ2n) is 9.96. The van der Waals surface area contributed by atoms with Crippen LogP contribution in [-0.4, -0.2) is 17.6 Å². The van der Waals surface area contributed by atoms with Gasteiger partial charge in [-0.1, -0.05) is 55.7 Å². The largest absolute Gasteiger partial charge is 0.357 e. The van der Waals surface area contributed by atoms with Crippen LogP contribution in [0.2, 0.25) is 0 Å². The minimum atomic E-state index is 0.514. The Bertz CT molecular complexity index is 984. The van der Waals surface area contributed by atoms with Gasteiger partial charge in [-0.2, -0.15) is 0 Å². The zero-order valence-electron chi connectivity index (χ0n) is 19.5. The predicted octanol–water partition coefficient (Wildman–Crippen LogP) is 6.58. The van der Waals surface area contributed by atoms with Gasteiger partial charge in [0, 0.05) is 35.2 Å². The molecule has 0 radical (unpaired) electrons. The molecule has 0 spiro atoms. The Labute approximate surface area is 193 Å². The first-order valence-electron chi connectivity index (χ1n) is 13.0. The normalized spacial score (nSPS) is 19.3. The van der Waals surface area contributed by atoms with Crippen molar-refractivity contribution >= 4 is 10.9 Å². The van der Waals surface area contributed by atoms with E-state index in [9.17, 15) is 0 Å². The number of nitrogens with one attached hydrogen (secondary N) is 3. The summed E-state index contributed by atoms with van der Waals surface area (Å²) < 4.78 is 0. The van der Waals surface area contributed by atoms with Crippen LogP contribution in [0, 0.1) is 0 Å². The summed E-state index contributed by atoms with van der Waals surface area (Å²) in [6, 6.07) is 19.1. The molecule has 3 aromatic rings. The molecule has 0 bridgehead atoms. The lowest BCUT2D eigenvalue weighted by Crippen LogP contribution is -2.36. The van der Waals surface area contributed by atoms with Gasteiger partial charge in [0.2, 0.25) is 0 Å². The van der Waals surface area contributed by atoms with Gasteiger partial charge in [0.05, 0.1) is 0 Å². The van der Waals surface area contributed by atoms with E-state index in [-0.39, 0.29) is 0 Å². The van der Waals surface area contributed by atoms with Crippen LogP contribution in [-0.2, 0) is 19.4 Å². The highest BCUT2D eigenvalue weighted by Gasteiger charge is 2.26. The highest BCUT2D eigenvalue weighted by Crippen LogP contribution is 2.36. The second-order valence-corrected chi connectivity index (χ2v) is 9.96. The molecule has 2 aromatic carbocycles. The monoisotopic (exact) mass is 429 g/mol. The summed E-state index contributed by atoms with van der Waals surface area (Å²) in [5.74, 6) is 0. The van der Waals surface area contributed by atoms with Crippen molar-refractivity contribution in [3.05, 3.63) is 70.9 Å². The fourth-order valence-electron chi connectivity index (χ4n) is 5.80. The van der Waals surface area contributed by atoms with E-state index in [1.54, 1.807) is 5.56 Å². The van der Waals surface area contributed by atoms with Gasteiger partial charge in [-0.3, -0.25) is 0 Å². The van der Waals surface area contributed by atoms with Gasteiger partial charge >= 0.3 is 0 Å². The molecule has 1 atom stereocenters. The predicted molar refractivity (Wildman–Crippen MR) is 135 cm³/mol. The van der Waals surface area contributed by atoms with Crippen molar-refractivity contribution in [1.82, 2.24) is 15.6 Å². The fraction of sp³-hybridized carbons (Fsp3) is 0.517. The quantitative estimate of drug-likeness (QED) is 0.336. The van der Waals surface area contributed by atoms with Crippen LogP contribution >= 0.6 is 0 Å². The first-order chi connectivity index (χ1) is 15.9. The van der Waals surface area contributed by atoms with Gasteiger partial charge in [0.1, 0.15) is 0 Å². The molecule has 0 saturated heterocycles. The summed E-state index contributed by atoms with van der Waals surface area (Å²) in [5.41, 5.74) is 7.22. The number of aryl methyl sites for hydroxylation is 2. The van der Waals surface area contributed by atoms with Crippen LogP contribution in [0.15, 0.2) is 48.5 Å². The summed E-state index contributed by atoms with van der Waals surface area (Å²) in [7, 11) is 0. The van der Waals surface area contributed by atoms with Crippen molar-refractivity contribution in [2.24, 2.45) is 0 Å². The van der Waals surface area contributed by atoms with Gasteiger partial charge in [0.15, 0.2) is 0 Å². The number of unbranched alkanes of at least 4 members (excludes halogenated alkanes) is 1. The van der Waals surface area contributed by atoms with Gasteiger partial charge < -0.3 is 15.6 Å². The Hall–Kier alpha value is -2.10. The molecule has 1 heterocycles. The zero-order valence-corrected chi connectivity index (χ0v) is 19.5. The van der Waals surface area contributed by atoms with E-state index in [1.807, 2.05) is 0 Å². The molecule has 170 valence electrons. The number of benzene rings is 2. The van der Waals surface area contributed by atoms with Gasteiger partial charge in [-0.15, -0.1) is 0 Å². The second kappa shape index (κ2) is 10.7. The third-order valence-electron chi connectivity index (χ3n) is 7.55. The molecular formula is C29H39N3. The van der Waals surface area contributed by atoms with E-state index in [0.717, 1.165) is 13.1 Å². The van der Waals surface area contributed by atoms with E-state index < -0.39 is 0 Å². The van der Waals surface area contributed by atoms with E-state index in [1.165, 1.54) is 98.4 Å². The van der Waals surface area contributed by atoms with Crippen LogP contribution in [0.25, 0.3) is 10.9 Å². The molecular weight excluding hydrogens is 390 g/mol. The average molecular weight is 430 g/mol. The molecule has 1 aromatic heterocycles. The minimum Gasteiger partial charge on any atom is -0.357 e. The van der Waals surface area contributed by atoms with Crippen molar-refractivity contribution < 1.29 is 0 Å². The first kappa shape index (κ1) is 21.7. The summed E-state index contributed by atoms with van der Waals surface area (Å²) in [6.45, 7) is 2.05. The Morgan fingerprint density at radius 3 is 2.59 bits per heavy atom. The van der Waals surface area contributed by atoms with E-state index in [2.05, 4.69) is 64.1 Å². The van der Waals surface area contributed by atoms with Crippen LogP contribution in [0.1, 0.15) is 86.2 Å². The first-order valence-corrected chi connectivity index (χ1v) is 13.0. The molecule has 2 aliphatic carbocycles. The number of H-pyrrole nitrogens is 1. The van der Waals surface area contributed by atoms with Gasteiger partial charge in [-0.05, 0) is 86.7 Å². The number of hydrogen-bond acceptors (Lipinski definition) is 2. The Morgan fingerprint density at radius 1 is 0.844 bits per heavy atom. The molecule has 3 heteroatoms. The SMILES string of the molecule is c1ccc(CCCCNCc2ccc3[nH]c4c(c3c2)CCCC4NC2CCCCC2)cc1. The Morgan fingerprint density at radius 2 is 1.72 bits per heavy atom. The number of hydrogen-bond donors (Lipinski definition) is 3. The molecule has 3 nitrogen and oxygen atoms in total. The van der Waals surface area contributed by atoms with Gasteiger partial charge in [0.25, 0.3) is 0 Å².